The first-order valence-corrected chi connectivity index (χ1v) is 6.21. The average Bonchev–Trinajstić information content (AvgIpc) is 2.40. The second kappa shape index (κ2) is 5.52. The number of para-hydroxylation sites is 1. The predicted octanol–water partition coefficient (Wildman–Crippen LogP) is 4.06. The molecule has 2 aromatic rings. The Morgan fingerprint density at radius 3 is 2.42 bits per heavy atom. The van der Waals surface area contributed by atoms with Gasteiger partial charge in [-0.05, 0) is 37.6 Å². The fourth-order valence-corrected chi connectivity index (χ4v) is 2.10. The highest BCUT2D eigenvalue weighted by Crippen LogP contribution is 2.33. The van der Waals surface area contributed by atoms with Crippen LogP contribution in [0, 0.1) is 17.0 Å². The summed E-state index contributed by atoms with van der Waals surface area (Å²) in [6, 6.07) is 14.9. The van der Waals surface area contributed by atoms with Gasteiger partial charge in [-0.1, -0.05) is 24.3 Å². The lowest BCUT2D eigenvalue weighted by atomic mass is 10.1. The van der Waals surface area contributed by atoms with Crippen molar-refractivity contribution in [3.05, 3.63) is 64.2 Å². The van der Waals surface area contributed by atoms with E-state index in [0.29, 0.717) is 12.2 Å². The summed E-state index contributed by atoms with van der Waals surface area (Å²) in [6.07, 6.45) is 0. The van der Waals surface area contributed by atoms with E-state index in [0.717, 1.165) is 11.3 Å². The molecule has 0 bridgehead atoms. The lowest BCUT2D eigenvalue weighted by molar-refractivity contribution is -0.384. The molecule has 0 aliphatic heterocycles. The Balaban J connectivity index is 2.55. The van der Waals surface area contributed by atoms with E-state index in [9.17, 15) is 10.1 Å². The first kappa shape index (κ1) is 13.1. The second-order valence-corrected chi connectivity index (χ2v) is 4.33. The summed E-state index contributed by atoms with van der Waals surface area (Å²) in [5, 5.41) is 11.2. The quantitative estimate of drug-likeness (QED) is 0.612. The van der Waals surface area contributed by atoms with Crippen molar-refractivity contribution in [3.63, 3.8) is 0 Å². The van der Waals surface area contributed by atoms with Crippen molar-refractivity contribution in [1.29, 1.82) is 0 Å². The summed E-state index contributed by atoms with van der Waals surface area (Å²) in [4.78, 5) is 12.8. The molecule has 0 amide bonds. The zero-order valence-electron chi connectivity index (χ0n) is 11.0. The Bertz CT molecular complexity index is 582. The number of hydrogen-bond donors (Lipinski definition) is 0. The Kier molecular flexibility index (Phi) is 3.80. The van der Waals surface area contributed by atoms with Crippen LogP contribution in [0.15, 0.2) is 48.5 Å². The molecule has 2 aromatic carbocycles. The zero-order chi connectivity index (χ0) is 13.8. The molecule has 19 heavy (non-hydrogen) atoms. The van der Waals surface area contributed by atoms with E-state index in [2.05, 4.69) is 0 Å². The number of nitro groups is 1. The Morgan fingerprint density at radius 2 is 1.84 bits per heavy atom. The summed E-state index contributed by atoms with van der Waals surface area (Å²) >= 11 is 0. The molecule has 0 unspecified atom stereocenters. The van der Waals surface area contributed by atoms with Crippen LogP contribution in [0.4, 0.5) is 17.1 Å². The molecule has 0 heterocycles. The van der Waals surface area contributed by atoms with Gasteiger partial charge < -0.3 is 4.90 Å². The third-order valence-electron chi connectivity index (χ3n) is 3.00. The van der Waals surface area contributed by atoms with E-state index in [4.69, 9.17) is 0 Å². The van der Waals surface area contributed by atoms with E-state index in [-0.39, 0.29) is 10.6 Å². The Morgan fingerprint density at radius 1 is 1.16 bits per heavy atom. The lowest BCUT2D eigenvalue weighted by Crippen LogP contribution is -2.17. The van der Waals surface area contributed by atoms with Gasteiger partial charge in [-0.15, -0.1) is 0 Å². The highest BCUT2D eigenvalue weighted by atomic mass is 16.6. The van der Waals surface area contributed by atoms with Crippen LogP contribution in [0.1, 0.15) is 12.5 Å². The highest BCUT2D eigenvalue weighted by Gasteiger charge is 2.19. The maximum atomic E-state index is 11.2. The van der Waals surface area contributed by atoms with Crippen LogP contribution in [-0.4, -0.2) is 11.5 Å². The fraction of sp³-hybridized carbons (Fsp3) is 0.200. The van der Waals surface area contributed by atoms with Crippen molar-refractivity contribution in [3.8, 4) is 0 Å². The van der Waals surface area contributed by atoms with Gasteiger partial charge >= 0.3 is 0 Å². The average molecular weight is 256 g/mol. The van der Waals surface area contributed by atoms with Crippen LogP contribution in [0.5, 0.6) is 0 Å². The molecule has 0 N–H and O–H groups in total. The molecule has 98 valence electrons. The minimum absolute atomic E-state index is 0.135. The van der Waals surface area contributed by atoms with E-state index < -0.39 is 0 Å². The van der Waals surface area contributed by atoms with Crippen molar-refractivity contribution in [2.24, 2.45) is 0 Å². The van der Waals surface area contributed by atoms with Gasteiger partial charge in [0.15, 0.2) is 0 Å². The number of benzene rings is 2. The molecule has 0 saturated heterocycles. The third kappa shape index (κ3) is 2.73. The number of nitrogens with zero attached hydrogens (tertiary/aromatic N) is 2. The molecule has 2 rings (SSSR count). The van der Waals surface area contributed by atoms with Crippen molar-refractivity contribution >= 4 is 17.1 Å². The third-order valence-corrected chi connectivity index (χ3v) is 3.00. The molecule has 0 aromatic heterocycles. The molecule has 0 atom stereocenters. The topological polar surface area (TPSA) is 46.4 Å². The largest absolute Gasteiger partial charge is 0.336 e. The summed E-state index contributed by atoms with van der Waals surface area (Å²) in [6.45, 7) is 4.60. The Labute approximate surface area is 112 Å². The van der Waals surface area contributed by atoms with Crippen LogP contribution in [0.2, 0.25) is 0 Å². The SMILES string of the molecule is CCN(c1ccccc1)c1cc(C)ccc1[N+](=O)[O-]. The van der Waals surface area contributed by atoms with E-state index in [1.54, 1.807) is 12.1 Å². The molecule has 0 aliphatic carbocycles. The van der Waals surface area contributed by atoms with Gasteiger partial charge in [-0.2, -0.15) is 0 Å². The van der Waals surface area contributed by atoms with Crippen LogP contribution in [0.3, 0.4) is 0 Å². The van der Waals surface area contributed by atoms with Gasteiger partial charge in [-0.25, -0.2) is 0 Å². The monoisotopic (exact) mass is 256 g/mol. The molecule has 0 radical (unpaired) electrons. The van der Waals surface area contributed by atoms with Gasteiger partial charge in [0, 0.05) is 18.3 Å². The van der Waals surface area contributed by atoms with Gasteiger partial charge in [0.2, 0.25) is 0 Å². The molecule has 4 heteroatoms. The number of anilines is 2. The van der Waals surface area contributed by atoms with Crippen molar-refractivity contribution < 1.29 is 4.92 Å². The molecule has 0 aliphatic rings. The number of hydrogen-bond acceptors (Lipinski definition) is 3. The number of aryl methyl sites for hydroxylation is 1. The number of nitro benzene ring substituents is 1. The summed E-state index contributed by atoms with van der Waals surface area (Å²) in [5.74, 6) is 0. The second-order valence-electron chi connectivity index (χ2n) is 4.33. The molecule has 0 fully saturated rings. The van der Waals surface area contributed by atoms with Crippen LogP contribution in [0.25, 0.3) is 0 Å². The standard InChI is InChI=1S/C15H16N2O2/c1-3-16(13-7-5-4-6-8-13)15-11-12(2)9-10-14(15)17(18)19/h4-11H,3H2,1-2H3. The minimum atomic E-state index is -0.333. The van der Waals surface area contributed by atoms with E-state index in [1.165, 1.54) is 0 Å². The predicted molar refractivity (Wildman–Crippen MR) is 77.0 cm³/mol. The maximum Gasteiger partial charge on any atom is 0.292 e. The van der Waals surface area contributed by atoms with Gasteiger partial charge in [0.25, 0.3) is 5.69 Å². The van der Waals surface area contributed by atoms with Crippen molar-refractivity contribution in [2.75, 3.05) is 11.4 Å². The van der Waals surface area contributed by atoms with Crippen LogP contribution < -0.4 is 4.90 Å². The van der Waals surface area contributed by atoms with E-state index in [1.807, 2.05) is 55.1 Å². The first-order valence-electron chi connectivity index (χ1n) is 6.21. The molecular weight excluding hydrogens is 240 g/mol. The van der Waals surface area contributed by atoms with Crippen LogP contribution in [-0.2, 0) is 0 Å². The molecule has 0 spiro atoms. The van der Waals surface area contributed by atoms with E-state index >= 15 is 0 Å². The number of rotatable bonds is 4. The smallest absolute Gasteiger partial charge is 0.292 e. The fourth-order valence-electron chi connectivity index (χ4n) is 2.10. The molecule has 0 saturated carbocycles. The van der Waals surface area contributed by atoms with Crippen molar-refractivity contribution in [1.82, 2.24) is 0 Å². The maximum absolute atomic E-state index is 11.2. The molecular formula is C15H16N2O2. The summed E-state index contributed by atoms with van der Waals surface area (Å²) < 4.78 is 0. The molecule has 4 nitrogen and oxygen atoms in total. The van der Waals surface area contributed by atoms with Gasteiger partial charge in [0.1, 0.15) is 5.69 Å². The summed E-state index contributed by atoms with van der Waals surface area (Å²) in [5.41, 5.74) is 2.74. The van der Waals surface area contributed by atoms with Gasteiger partial charge in [0.05, 0.1) is 4.92 Å². The normalized spacial score (nSPS) is 10.2. The first-order chi connectivity index (χ1) is 9.13. The highest BCUT2D eigenvalue weighted by molar-refractivity contribution is 5.72. The van der Waals surface area contributed by atoms with Crippen molar-refractivity contribution in [2.45, 2.75) is 13.8 Å². The zero-order valence-corrected chi connectivity index (χ0v) is 11.0. The van der Waals surface area contributed by atoms with Gasteiger partial charge in [-0.3, -0.25) is 10.1 Å². The minimum Gasteiger partial charge on any atom is -0.336 e. The van der Waals surface area contributed by atoms with Crippen LogP contribution >= 0.6 is 0 Å². The Hall–Kier alpha value is -2.36. The summed E-state index contributed by atoms with van der Waals surface area (Å²) in [7, 11) is 0. The lowest BCUT2D eigenvalue weighted by Gasteiger charge is -2.23.